The van der Waals surface area contributed by atoms with E-state index in [-0.39, 0.29) is 48.3 Å². The molecule has 3 aliphatic rings. The Morgan fingerprint density at radius 3 is 2.89 bits per heavy atom. The van der Waals surface area contributed by atoms with Gasteiger partial charge in [-0.2, -0.15) is 0 Å². The van der Waals surface area contributed by atoms with Crippen molar-refractivity contribution in [1.82, 2.24) is 0 Å². The minimum Gasteiger partial charge on any atom is -0.455 e. The Morgan fingerprint density at radius 2 is 2.21 bits per heavy atom. The van der Waals surface area contributed by atoms with Gasteiger partial charge in [-0.1, -0.05) is 45.8 Å². The number of ether oxygens (including phenoxy) is 3. The van der Waals surface area contributed by atoms with Crippen LogP contribution in [0.25, 0.3) is 0 Å². The van der Waals surface area contributed by atoms with Gasteiger partial charge in [-0.25, -0.2) is 4.79 Å². The van der Waals surface area contributed by atoms with E-state index >= 15 is 0 Å². The third-order valence-electron chi connectivity index (χ3n) is 6.43. The molecule has 0 amide bonds. The van der Waals surface area contributed by atoms with Crippen molar-refractivity contribution in [3.05, 3.63) is 23.8 Å². The van der Waals surface area contributed by atoms with Gasteiger partial charge >= 0.3 is 5.97 Å². The highest BCUT2D eigenvalue weighted by atomic mass is 16.7. The molecule has 1 N–H and O–H groups in total. The quantitative estimate of drug-likeness (QED) is 0.472. The zero-order chi connectivity index (χ0) is 20.1. The van der Waals surface area contributed by atoms with Gasteiger partial charge in [-0.3, -0.25) is 0 Å². The van der Waals surface area contributed by atoms with Gasteiger partial charge in [0, 0.05) is 25.2 Å². The van der Waals surface area contributed by atoms with E-state index in [0.29, 0.717) is 6.42 Å². The monoisotopic (exact) mass is 392 g/mol. The van der Waals surface area contributed by atoms with Gasteiger partial charge in [0.2, 0.25) is 0 Å². The smallest absolute Gasteiger partial charge is 0.331 e. The van der Waals surface area contributed by atoms with Crippen molar-refractivity contribution in [2.24, 2.45) is 17.3 Å². The first-order chi connectivity index (χ1) is 13.4. The second-order valence-corrected chi connectivity index (χ2v) is 9.10. The van der Waals surface area contributed by atoms with Gasteiger partial charge in [0.1, 0.15) is 6.10 Å². The van der Waals surface area contributed by atoms with Gasteiger partial charge in [-0.15, -0.1) is 0 Å². The molecule has 2 aliphatic heterocycles. The summed E-state index contributed by atoms with van der Waals surface area (Å²) >= 11 is 0. The predicted octanol–water partition coefficient (Wildman–Crippen LogP) is 4.15. The molecule has 5 heteroatoms. The molecule has 0 spiro atoms. The number of fused-ring (bicyclic) bond motifs is 1. The maximum Gasteiger partial charge on any atom is 0.331 e. The number of allylic oxidation sites excluding steroid dienone is 1. The molecule has 3 rings (SSSR count). The Morgan fingerprint density at radius 1 is 1.39 bits per heavy atom. The van der Waals surface area contributed by atoms with Gasteiger partial charge < -0.3 is 19.3 Å². The molecule has 0 radical (unpaired) electrons. The van der Waals surface area contributed by atoms with Gasteiger partial charge in [0.25, 0.3) is 0 Å². The van der Waals surface area contributed by atoms with Crippen LogP contribution in [0.1, 0.15) is 65.7 Å². The number of unbranched alkanes of at least 4 members (excludes halogenated alkanes) is 1. The summed E-state index contributed by atoms with van der Waals surface area (Å²) in [7, 11) is 0. The lowest BCUT2D eigenvalue weighted by molar-refractivity contribution is -0.197. The van der Waals surface area contributed by atoms with Gasteiger partial charge in [0.05, 0.1) is 6.10 Å². The van der Waals surface area contributed by atoms with Crippen molar-refractivity contribution in [3.8, 4) is 0 Å². The summed E-state index contributed by atoms with van der Waals surface area (Å²) < 4.78 is 17.6. The Bertz CT molecular complexity index is 588. The molecule has 0 aromatic carbocycles. The third kappa shape index (κ3) is 5.05. The highest BCUT2D eigenvalue weighted by Gasteiger charge is 2.43. The van der Waals surface area contributed by atoms with Crippen LogP contribution in [-0.4, -0.2) is 42.8 Å². The summed E-state index contributed by atoms with van der Waals surface area (Å²) in [5, 5.41) is 9.81. The van der Waals surface area contributed by atoms with Gasteiger partial charge in [-0.05, 0) is 49.0 Å². The number of rotatable bonds is 9. The number of esters is 1. The number of aliphatic hydroxyl groups is 1. The van der Waals surface area contributed by atoms with Crippen LogP contribution in [0.4, 0.5) is 0 Å². The lowest BCUT2D eigenvalue weighted by Gasteiger charge is -2.36. The number of hydrogen-bond donors (Lipinski definition) is 1. The normalized spacial score (nSPS) is 31.7. The fourth-order valence-corrected chi connectivity index (χ4v) is 4.58. The number of aliphatic hydroxyl groups excluding tert-OH is 1. The lowest BCUT2D eigenvalue weighted by atomic mass is 9.80. The summed E-state index contributed by atoms with van der Waals surface area (Å²) in [6, 6.07) is 0. The summed E-state index contributed by atoms with van der Waals surface area (Å²) in [6.07, 6.45) is 12.8. The molecule has 0 aromatic heterocycles. The maximum atomic E-state index is 11.6. The van der Waals surface area contributed by atoms with Crippen LogP contribution in [0, 0.1) is 17.3 Å². The van der Waals surface area contributed by atoms with E-state index in [0.717, 1.165) is 50.7 Å². The van der Waals surface area contributed by atoms with Crippen molar-refractivity contribution in [3.63, 3.8) is 0 Å². The average molecular weight is 393 g/mol. The SMILES string of the molecule is CCCCC(C)(C)C(/C=C/C1C2=CC(=O)OC2CC1CO)OC1CCCCO1. The molecule has 28 heavy (non-hydrogen) atoms. The fourth-order valence-electron chi connectivity index (χ4n) is 4.58. The van der Waals surface area contributed by atoms with E-state index in [1.807, 2.05) is 0 Å². The fraction of sp³-hybridized carbons (Fsp3) is 0.783. The van der Waals surface area contributed by atoms with Crippen LogP contribution in [0.3, 0.4) is 0 Å². The van der Waals surface area contributed by atoms with E-state index < -0.39 is 0 Å². The maximum absolute atomic E-state index is 11.6. The first-order valence-corrected chi connectivity index (χ1v) is 10.9. The summed E-state index contributed by atoms with van der Waals surface area (Å²) in [5.41, 5.74) is 0.982. The Labute approximate surface area is 169 Å². The topological polar surface area (TPSA) is 65.0 Å². The van der Waals surface area contributed by atoms with E-state index in [2.05, 4.69) is 32.9 Å². The number of carbonyl (C=O) groups is 1. The molecule has 1 saturated heterocycles. The largest absolute Gasteiger partial charge is 0.455 e. The Balaban J connectivity index is 1.76. The van der Waals surface area contributed by atoms with E-state index in [1.165, 1.54) is 0 Å². The van der Waals surface area contributed by atoms with Crippen molar-refractivity contribution in [2.45, 2.75) is 84.2 Å². The molecule has 1 aliphatic carbocycles. The van der Waals surface area contributed by atoms with Crippen LogP contribution < -0.4 is 0 Å². The lowest BCUT2D eigenvalue weighted by Crippen LogP contribution is -2.36. The molecule has 2 heterocycles. The number of hydrogen-bond acceptors (Lipinski definition) is 5. The predicted molar refractivity (Wildman–Crippen MR) is 108 cm³/mol. The third-order valence-corrected chi connectivity index (χ3v) is 6.43. The van der Waals surface area contributed by atoms with Gasteiger partial charge in [0.15, 0.2) is 6.29 Å². The molecule has 2 fully saturated rings. The second kappa shape index (κ2) is 9.55. The van der Waals surface area contributed by atoms with E-state index in [9.17, 15) is 9.90 Å². The molecule has 158 valence electrons. The second-order valence-electron chi connectivity index (χ2n) is 9.10. The van der Waals surface area contributed by atoms with Crippen LogP contribution in [-0.2, 0) is 19.0 Å². The molecule has 1 saturated carbocycles. The molecule has 0 bridgehead atoms. The minimum absolute atomic E-state index is 0.0174. The standard InChI is InChI=1S/C23H36O5/c1-4-5-11-23(2,3)20(28-22-8-6-7-12-26-22)10-9-17-16(15-24)13-19-18(17)14-21(25)27-19/h9-10,14,16-17,19-20,22,24H,4-8,11-13,15H2,1-3H3/b10-9+. The van der Waals surface area contributed by atoms with Crippen molar-refractivity contribution in [2.75, 3.05) is 13.2 Å². The van der Waals surface area contributed by atoms with Crippen LogP contribution in [0.2, 0.25) is 0 Å². The average Bonchev–Trinajstić information content (AvgIpc) is 3.20. The summed E-state index contributed by atoms with van der Waals surface area (Å²) in [5.74, 6) is -0.144. The molecule has 5 atom stereocenters. The molecular weight excluding hydrogens is 356 g/mol. The minimum atomic E-state index is -0.263. The zero-order valence-corrected chi connectivity index (χ0v) is 17.6. The van der Waals surface area contributed by atoms with Crippen molar-refractivity contribution >= 4 is 5.97 Å². The molecule has 5 unspecified atom stereocenters. The summed E-state index contributed by atoms with van der Waals surface area (Å²) in [6.45, 7) is 7.57. The number of carbonyl (C=O) groups excluding carboxylic acids is 1. The summed E-state index contributed by atoms with van der Waals surface area (Å²) in [4.78, 5) is 11.6. The molecule has 0 aromatic rings. The van der Waals surface area contributed by atoms with E-state index in [1.54, 1.807) is 6.08 Å². The molecule has 5 nitrogen and oxygen atoms in total. The first kappa shape index (κ1) is 21.5. The first-order valence-electron chi connectivity index (χ1n) is 10.9. The van der Waals surface area contributed by atoms with Crippen molar-refractivity contribution < 1.29 is 24.1 Å². The van der Waals surface area contributed by atoms with Crippen LogP contribution in [0.5, 0.6) is 0 Å². The zero-order valence-electron chi connectivity index (χ0n) is 17.6. The van der Waals surface area contributed by atoms with Crippen LogP contribution >= 0.6 is 0 Å². The highest BCUT2D eigenvalue weighted by Crippen LogP contribution is 2.43. The Kier molecular flexibility index (Phi) is 7.35. The van der Waals surface area contributed by atoms with E-state index in [4.69, 9.17) is 14.2 Å². The Hall–Kier alpha value is -1.17. The highest BCUT2D eigenvalue weighted by molar-refractivity contribution is 5.86. The van der Waals surface area contributed by atoms with Crippen LogP contribution in [0.15, 0.2) is 23.8 Å². The molecular formula is C23H36O5. The van der Waals surface area contributed by atoms with Crippen molar-refractivity contribution in [1.29, 1.82) is 0 Å².